The SMILES string of the molecule is CC(=O)N1CCC2(C1)CN(C(O)Nc1ccon1)c1ccc(Cl)cc12. The van der Waals surface area contributed by atoms with E-state index in [4.69, 9.17) is 16.1 Å². The van der Waals surface area contributed by atoms with E-state index < -0.39 is 6.35 Å². The quantitative estimate of drug-likeness (QED) is 0.813. The van der Waals surface area contributed by atoms with E-state index in [0.717, 1.165) is 17.7 Å². The average molecular weight is 363 g/mol. The van der Waals surface area contributed by atoms with Gasteiger partial charge >= 0.3 is 0 Å². The maximum atomic E-state index is 11.8. The predicted octanol–water partition coefficient (Wildman–Crippen LogP) is 2.03. The van der Waals surface area contributed by atoms with Crippen LogP contribution in [0.15, 0.2) is 35.1 Å². The first kappa shape index (κ1) is 16.2. The Balaban J connectivity index is 1.66. The monoisotopic (exact) mass is 362 g/mol. The summed E-state index contributed by atoms with van der Waals surface area (Å²) < 4.78 is 4.79. The molecule has 1 aromatic carbocycles. The van der Waals surface area contributed by atoms with Crippen molar-refractivity contribution in [1.29, 1.82) is 0 Å². The number of halogens is 1. The number of aliphatic hydroxyl groups is 1. The molecule has 1 spiro atoms. The molecule has 25 heavy (non-hydrogen) atoms. The molecule has 2 aliphatic heterocycles. The number of hydrogen-bond acceptors (Lipinski definition) is 6. The lowest BCUT2D eigenvalue weighted by atomic mass is 9.81. The summed E-state index contributed by atoms with van der Waals surface area (Å²) in [5.41, 5.74) is 1.77. The smallest absolute Gasteiger partial charge is 0.219 e. The van der Waals surface area contributed by atoms with Crippen molar-refractivity contribution in [2.24, 2.45) is 0 Å². The second kappa shape index (κ2) is 5.93. The minimum Gasteiger partial charge on any atom is -0.363 e. The summed E-state index contributed by atoms with van der Waals surface area (Å²) in [5.74, 6) is 0.529. The molecule has 2 N–H and O–H groups in total. The molecule has 0 radical (unpaired) electrons. The van der Waals surface area contributed by atoms with Gasteiger partial charge in [0, 0.05) is 48.7 Å². The topological polar surface area (TPSA) is 81.8 Å². The number of hydrogen-bond donors (Lipinski definition) is 2. The molecule has 1 aromatic heterocycles. The summed E-state index contributed by atoms with van der Waals surface area (Å²) in [5, 5.41) is 18.0. The van der Waals surface area contributed by atoms with E-state index in [1.807, 2.05) is 28.0 Å². The highest BCUT2D eigenvalue weighted by atomic mass is 35.5. The first-order valence-corrected chi connectivity index (χ1v) is 8.53. The van der Waals surface area contributed by atoms with Crippen molar-refractivity contribution in [2.45, 2.75) is 25.1 Å². The number of carbonyl (C=O) groups excluding carboxylic acids is 1. The van der Waals surface area contributed by atoms with E-state index in [9.17, 15) is 9.90 Å². The standard InChI is InChI=1S/C17H19ClN4O3/c1-11(23)21-6-5-17(9-21)10-22(14-3-2-12(18)8-13(14)17)16(24)19-15-4-7-25-20-15/h2-4,7-8,16,24H,5-6,9-10H2,1H3,(H,19,20). The summed E-state index contributed by atoms with van der Waals surface area (Å²) in [4.78, 5) is 15.5. The number of anilines is 2. The zero-order valence-electron chi connectivity index (χ0n) is 13.8. The Morgan fingerprint density at radius 2 is 2.28 bits per heavy atom. The Bertz CT molecular complexity index is 797. The van der Waals surface area contributed by atoms with Crippen LogP contribution < -0.4 is 10.2 Å². The Labute approximate surface area is 150 Å². The van der Waals surface area contributed by atoms with Gasteiger partial charge in [-0.2, -0.15) is 0 Å². The molecule has 0 saturated carbocycles. The van der Waals surface area contributed by atoms with Crippen LogP contribution in [0.25, 0.3) is 0 Å². The van der Waals surface area contributed by atoms with E-state index >= 15 is 0 Å². The molecular formula is C17H19ClN4O3. The van der Waals surface area contributed by atoms with Gasteiger partial charge in [-0.25, -0.2) is 0 Å². The van der Waals surface area contributed by atoms with Crippen molar-refractivity contribution < 1.29 is 14.4 Å². The molecule has 1 fully saturated rings. The van der Waals surface area contributed by atoms with Crippen molar-refractivity contribution in [2.75, 3.05) is 29.9 Å². The fourth-order valence-electron chi connectivity index (χ4n) is 3.89. The van der Waals surface area contributed by atoms with E-state index in [-0.39, 0.29) is 11.3 Å². The summed E-state index contributed by atoms with van der Waals surface area (Å²) in [7, 11) is 0. The highest BCUT2D eigenvalue weighted by Crippen LogP contribution is 2.47. The number of nitrogens with zero attached hydrogens (tertiary/aromatic N) is 3. The van der Waals surface area contributed by atoms with Gasteiger partial charge in [0.15, 0.2) is 5.82 Å². The van der Waals surface area contributed by atoms with Gasteiger partial charge in [0.2, 0.25) is 12.3 Å². The largest absolute Gasteiger partial charge is 0.363 e. The molecular weight excluding hydrogens is 344 g/mol. The normalized spacial score (nSPS) is 23.2. The fraction of sp³-hybridized carbons (Fsp3) is 0.412. The van der Waals surface area contributed by atoms with Gasteiger partial charge in [0.25, 0.3) is 0 Å². The molecule has 1 amide bonds. The number of benzene rings is 1. The average Bonchev–Trinajstić information content (AvgIpc) is 3.28. The molecule has 0 aliphatic carbocycles. The number of fused-ring (bicyclic) bond motifs is 2. The van der Waals surface area contributed by atoms with Crippen LogP contribution in [0.5, 0.6) is 0 Å². The Morgan fingerprint density at radius 1 is 1.44 bits per heavy atom. The molecule has 1 saturated heterocycles. The van der Waals surface area contributed by atoms with Crippen molar-refractivity contribution in [1.82, 2.24) is 10.1 Å². The molecule has 132 valence electrons. The molecule has 3 heterocycles. The Morgan fingerprint density at radius 3 is 2.96 bits per heavy atom. The first-order chi connectivity index (χ1) is 12.0. The zero-order valence-corrected chi connectivity index (χ0v) is 14.5. The maximum absolute atomic E-state index is 11.8. The van der Waals surface area contributed by atoms with Gasteiger partial charge in [-0.1, -0.05) is 16.8 Å². The molecule has 2 atom stereocenters. The van der Waals surface area contributed by atoms with E-state index in [1.165, 1.54) is 6.26 Å². The van der Waals surface area contributed by atoms with Gasteiger partial charge < -0.3 is 24.7 Å². The molecule has 2 aromatic rings. The van der Waals surface area contributed by atoms with Crippen LogP contribution in [-0.2, 0) is 10.2 Å². The minimum absolute atomic E-state index is 0.0696. The molecule has 0 bridgehead atoms. The number of rotatable bonds is 3. The van der Waals surface area contributed by atoms with Crippen molar-refractivity contribution >= 4 is 29.0 Å². The lowest BCUT2D eigenvalue weighted by molar-refractivity contribution is -0.127. The fourth-order valence-corrected chi connectivity index (χ4v) is 4.06. The van der Waals surface area contributed by atoms with Crippen LogP contribution in [0, 0.1) is 0 Å². The first-order valence-electron chi connectivity index (χ1n) is 8.16. The van der Waals surface area contributed by atoms with E-state index in [2.05, 4.69) is 10.5 Å². The van der Waals surface area contributed by atoms with Crippen molar-refractivity contribution in [3.63, 3.8) is 0 Å². The van der Waals surface area contributed by atoms with Crippen molar-refractivity contribution in [3.05, 3.63) is 41.1 Å². The molecule has 2 aliphatic rings. The lowest BCUT2D eigenvalue weighted by Crippen LogP contribution is -2.44. The van der Waals surface area contributed by atoms with Crippen LogP contribution in [0.2, 0.25) is 5.02 Å². The van der Waals surface area contributed by atoms with Crippen LogP contribution in [0.1, 0.15) is 18.9 Å². The van der Waals surface area contributed by atoms with Gasteiger partial charge in [-0.15, -0.1) is 0 Å². The Kier molecular flexibility index (Phi) is 3.85. The summed E-state index contributed by atoms with van der Waals surface area (Å²) >= 11 is 6.23. The van der Waals surface area contributed by atoms with Crippen LogP contribution in [-0.4, -0.2) is 47.1 Å². The van der Waals surface area contributed by atoms with Crippen LogP contribution in [0.4, 0.5) is 11.5 Å². The van der Waals surface area contributed by atoms with Gasteiger partial charge in [0.05, 0.1) is 0 Å². The third kappa shape index (κ3) is 2.73. The highest BCUT2D eigenvalue weighted by Gasteiger charge is 2.49. The number of aliphatic hydroxyl groups excluding tert-OH is 1. The second-order valence-electron chi connectivity index (χ2n) is 6.66. The maximum Gasteiger partial charge on any atom is 0.219 e. The molecule has 8 heteroatoms. The molecule has 4 rings (SSSR count). The third-order valence-corrected chi connectivity index (χ3v) is 5.36. The lowest BCUT2D eigenvalue weighted by Gasteiger charge is -2.29. The number of likely N-dealkylation sites (tertiary alicyclic amines) is 1. The van der Waals surface area contributed by atoms with E-state index in [1.54, 1.807) is 13.0 Å². The Hall–Kier alpha value is -2.25. The third-order valence-electron chi connectivity index (χ3n) is 5.12. The molecule has 2 unspecified atom stereocenters. The molecule has 7 nitrogen and oxygen atoms in total. The number of carbonyl (C=O) groups is 1. The predicted molar refractivity (Wildman–Crippen MR) is 93.5 cm³/mol. The number of aromatic nitrogens is 1. The summed E-state index contributed by atoms with van der Waals surface area (Å²) in [6.45, 7) is 3.52. The summed E-state index contributed by atoms with van der Waals surface area (Å²) in [6.07, 6.45) is 1.32. The van der Waals surface area contributed by atoms with E-state index in [0.29, 0.717) is 30.5 Å². The van der Waals surface area contributed by atoms with Crippen LogP contribution >= 0.6 is 11.6 Å². The number of amides is 1. The summed E-state index contributed by atoms with van der Waals surface area (Å²) in [6, 6.07) is 7.32. The van der Waals surface area contributed by atoms with Gasteiger partial charge in [-0.3, -0.25) is 4.79 Å². The zero-order chi connectivity index (χ0) is 17.6. The van der Waals surface area contributed by atoms with Crippen LogP contribution in [0.3, 0.4) is 0 Å². The minimum atomic E-state index is -0.962. The number of nitrogens with one attached hydrogen (secondary N) is 1. The highest BCUT2D eigenvalue weighted by molar-refractivity contribution is 6.30. The van der Waals surface area contributed by atoms with Gasteiger partial charge in [-0.05, 0) is 30.2 Å². The van der Waals surface area contributed by atoms with Gasteiger partial charge in [0.1, 0.15) is 6.26 Å². The van der Waals surface area contributed by atoms with Crippen molar-refractivity contribution in [3.8, 4) is 0 Å². The second-order valence-corrected chi connectivity index (χ2v) is 7.10.